The fraction of sp³-hybridized carbons (Fsp3) is 0.250. The lowest BCUT2D eigenvalue weighted by atomic mass is 10.2. The van der Waals surface area contributed by atoms with Crippen LogP contribution in [0.2, 0.25) is 0 Å². The summed E-state index contributed by atoms with van der Waals surface area (Å²) in [5.41, 5.74) is 2.05. The Kier molecular flexibility index (Phi) is 3.19. The van der Waals surface area contributed by atoms with Gasteiger partial charge in [-0.1, -0.05) is 6.92 Å². The summed E-state index contributed by atoms with van der Waals surface area (Å²) in [4.78, 5) is 12.0. The number of nitrogens with zero attached hydrogens (tertiary/aromatic N) is 1. The van der Waals surface area contributed by atoms with Gasteiger partial charge in [0.05, 0.1) is 11.4 Å². The van der Waals surface area contributed by atoms with Crippen LogP contribution in [-0.4, -0.2) is 9.78 Å². The molecule has 0 radical (unpaired) electrons. The van der Waals surface area contributed by atoms with Crippen LogP contribution in [0.4, 0.5) is 4.39 Å². The van der Waals surface area contributed by atoms with Gasteiger partial charge in [-0.15, -0.1) is 0 Å². The van der Waals surface area contributed by atoms with Crippen molar-refractivity contribution in [2.75, 3.05) is 0 Å². The van der Waals surface area contributed by atoms with Crippen LogP contribution in [0.3, 0.4) is 0 Å². The van der Waals surface area contributed by atoms with Crippen LogP contribution in [0, 0.1) is 12.7 Å². The van der Waals surface area contributed by atoms with Crippen molar-refractivity contribution in [3.8, 4) is 5.69 Å². The number of aromatic amines is 1. The Morgan fingerprint density at radius 3 is 2.71 bits per heavy atom. The topological polar surface area (TPSA) is 37.8 Å². The van der Waals surface area contributed by atoms with Gasteiger partial charge in [0.1, 0.15) is 10.3 Å². The van der Waals surface area contributed by atoms with Crippen LogP contribution >= 0.6 is 15.9 Å². The van der Waals surface area contributed by atoms with Crippen LogP contribution in [-0.2, 0) is 6.42 Å². The minimum Gasteiger partial charge on any atom is -0.294 e. The van der Waals surface area contributed by atoms with E-state index in [4.69, 9.17) is 0 Å². The van der Waals surface area contributed by atoms with Crippen LogP contribution in [0.15, 0.2) is 27.5 Å². The predicted molar refractivity (Wildman–Crippen MR) is 68.2 cm³/mol. The molecule has 0 unspecified atom stereocenters. The quantitative estimate of drug-likeness (QED) is 0.909. The molecule has 2 aromatic rings. The summed E-state index contributed by atoms with van der Waals surface area (Å²) in [7, 11) is 0. The zero-order valence-corrected chi connectivity index (χ0v) is 11.1. The Hall–Kier alpha value is -1.36. The molecular formula is C12H12BrFN2O. The zero-order valence-electron chi connectivity index (χ0n) is 9.55. The predicted octanol–water partition coefficient (Wildman–Crippen LogP) is 2.94. The molecule has 0 bridgehead atoms. The highest BCUT2D eigenvalue weighted by Gasteiger charge is 2.12. The minimum atomic E-state index is -0.305. The summed E-state index contributed by atoms with van der Waals surface area (Å²) in [6.45, 7) is 3.73. The molecule has 1 heterocycles. The second-order valence-corrected chi connectivity index (χ2v) is 4.62. The van der Waals surface area contributed by atoms with Gasteiger partial charge in [-0.05, 0) is 53.0 Å². The van der Waals surface area contributed by atoms with E-state index in [0.29, 0.717) is 15.7 Å². The minimum absolute atomic E-state index is 0.156. The Balaban J connectivity index is 2.65. The van der Waals surface area contributed by atoms with Crippen molar-refractivity contribution in [3.63, 3.8) is 0 Å². The highest BCUT2D eigenvalue weighted by Crippen LogP contribution is 2.16. The standard InChI is InChI=1S/C12H12BrFN2O/c1-3-9-11(13)12(17)16(15-9)10-5-4-8(14)6-7(10)2/h4-6,15H,3H2,1-2H3. The molecule has 0 spiro atoms. The number of hydrogen-bond donors (Lipinski definition) is 1. The third-order valence-corrected chi connectivity index (χ3v) is 3.47. The van der Waals surface area contributed by atoms with E-state index >= 15 is 0 Å². The van der Waals surface area contributed by atoms with Gasteiger partial charge < -0.3 is 0 Å². The normalized spacial score (nSPS) is 10.8. The van der Waals surface area contributed by atoms with E-state index in [2.05, 4.69) is 21.0 Å². The highest BCUT2D eigenvalue weighted by atomic mass is 79.9. The van der Waals surface area contributed by atoms with Crippen molar-refractivity contribution in [1.29, 1.82) is 0 Å². The number of hydrogen-bond acceptors (Lipinski definition) is 1. The van der Waals surface area contributed by atoms with Crippen molar-refractivity contribution >= 4 is 15.9 Å². The lowest BCUT2D eigenvalue weighted by molar-refractivity contribution is 0.625. The van der Waals surface area contributed by atoms with Crippen molar-refractivity contribution in [2.24, 2.45) is 0 Å². The molecular weight excluding hydrogens is 287 g/mol. The Labute approximate surface area is 106 Å². The van der Waals surface area contributed by atoms with Crippen molar-refractivity contribution in [3.05, 3.63) is 50.1 Å². The SMILES string of the molecule is CCc1[nH]n(-c2ccc(F)cc2C)c(=O)c1Br. The number of halogens is 2. The van der Waals surface area contributed by atoms with Gasteiger partial charge in [-0.2, -0.15) is 0 Å². The summed E-state index contributed by atoms with van der Waals surface area (Å²) in [6.07, 6.45) is 0.725. The molecule has 3 nitrogen and oxygen atoms in total. The van der Waals surface area contributed by atoms with Gasteiger partial charge >= 0.3 is 0 Å². The van der Waals surface area contributed by atoms with Crippen molar-refractivity contribution in [2.45, 2.75) is 20.3 Å². The molecule has 1 aromatic carbocycles. The second-order valence-electron chi connectivity index (χ2n) is 3.83. The largest absolute Gasteiger partial charge is 0.294 e. The first-order chi connectivity index (χ1) is 8.04. The van der Waals surface area contributed by atoms with Gasteiger partial charge in [-0.3, -0.25) is 9.89 Å². The molecule has 0 aliphatic carbocycles. The summed E-state index contributed by atoms with van der Waals surface area (Å²) in [6, 6.07) is 4.34. The summed E-state index contributed by atoms with van der Waals surface area (Å²) in [5.74, 6) is -0.305. The molecule has 1 aromatic heterocycles. The van der Waals surface area contributed by atoms with Gasteiger partial charge in [0, 0.05) is 0 Å². The number of aromatic nitrogens is 2. The van der Waals surface area contributed by atoms with Crippen LogP contribution in [0.1, 0.15) is 18.2 Å². The summed E-state index contributed by atoms with van der Waals surface area (Å²) >= 11 is 3.26. The zero-order chi connectivity index (χ0) is 12.6. The van der Waals surface area contributed by atoms with Gasteiger partial charge in [0.15, 0.2) is 0 Å². The molecule has 0 amide bonds. The lowest BCUT2D eigenvalue weighted by Crippen LogP contribution is -2.15. The Morgan fingerprint density at radius 2 is 2.18 bits per heavy atom. The fourth-order valence-electron chi connectivity index (χ4n) is 1.74. The first kappa shape index (κ1) is 12.1. The molecule has 2 rings (SSSR count). The average Bonchev–Trinajstić information content (AvgIpc) is 2.57. The first-order valence-corrected chi connectivity index (χ1v) is 6.09. The Morgan fingerprint density at radius 1 is 1.47 bits per heavy atom. The molecule has 17 heavy (non-hydrogen) atoms. The number of H-pyrrole nitrogens is 1. The molecule has 0 saturated heterocycles. The van der Waals surface area contributed by atoms with Crippen molar-refractivity contribution < 1.29 is 4.39 Å². The smallest absolute Gasteiger partial charge is 0.285 e. The monoisotopic (exact) mass is 298 g/mol. The average molecular weight is 299 g/mol. The van der Waals surface area contributed by atoms with E-state index < -0.39 is 0 Å². The van der Waals surface area contributed by atoms with Crippen LogP contribution in [0.5, 0.6) is 0 Å². The van der Waals surface area contributed by atoms with E-state index in [9.17, 15) is 9.18 Å². The Bertz CT molecular complexity index is 615. The highest BCUT2D eigenvalue weighted by molar-refractivity contribution is 9.10. The third kappa shape index (κ3) is 2.07. The maximum absolute atomic E-state index is 13.0. The molecule has 0 atom stereocenters. The molecule has 0 saturated carbocycles. The number of nitrogens with one attached hydrogen (secondary N) is 1. The fourth-order valence-corrected chi connectivity index (χ4v) is 2.28. The molecule has 5 heteroatoms. The molecule has 1 N–H and O–H groups in total. The molecule has 0 aliphatic rings. The van der Waals surface area contributed by atoms with Gasteiger partial charge in [0.25, 0.3) is 5.56 Å². The van der Waals surface area contributed by atoms with Crippen LogP contribution in [0.25, 0.3) is 5.69 Å². The number of rotatable bonds is 2. The molecule has 0 fully saturated rings. The number of benzene rings is 1. The molecule has 90 valence electrons. The lowest BCUT2D eigenvalue weighted by Gasteiger charge is -2.05. The summed E-state index contributed by atoms with van der Waals surface area (Å²) in [5, 5.41) is 3.01. The van der Waals surface area contributed by atoms with E-state index in [-0.39, 0.29) is 11.4 Å². The third-order valence-electron chi connectivity index (χ3n) is 2.66. The van der Waals surface area contributed by atoms with E-state index in [1.807, 2.05) is 6.92 Å². The van der Waals surface area contributed by atoms with Crippen molar-refractivity contribution in [1.82, 2.24) is 9.78 Å². The van der Waals surface area contributed by atoms with Gasteiger partial charge in [0.2, 0.25) is 0 Å². The number of aryl methyl sites for hydroxylation is 2. The first-order valence-electron chi connectivity index (χ1n) is 5.30. The van der Waals surface area contributed by atoms with E-state index in [1.54, 1.807) is 13.0 Å². The second kappa shape index (κ2) is 4.49. The molecule has 0 aliphatic heterocycles. The maximum atomic E-state index is 13.0. The van der Waals surface area contributed by atoms with E-state index in [0.717, 1.165) is 12.1 Å². The maximum Gasteiger partial charge on any atom is 0.285 e. The van der Waals surface area contributed by atoms with E-state index in [1.165, 1.54) is 16.8 Å². The van der Waals surface area contributed by atoms with Gasteiger partial charge in [-0.25, -0.2) is 9.07 Å². The summed E-state index contributed by atoms with van der Waals surface area (Å²) < 4.78 is 15.0. The van der Waals surface area contributed by atoms with Crippen LogP contribution < -0.4 is 5.56 Å².